The fourth-order valence-corrected chi connectivity index (χ4v) is 1.41. The number of ether oxygens (including phenoxy) is 3. The Morgan fingerprint density at radius 3 is 2.56 bits per heavy atom. The van der Waals surface area contributed by atoms with Crippen LogP contribution in [0.1, 0.15) is 37.6 Å². The number of methoxy groups -OCH3 is 1. The van der Waals surface area contributed by atoms with Crippen LogP contribution in [-0.4, -0.2) is 25.8 Å². The van der Waals surface area contributed by atoms with E-state index in [9.17, 15) is 4.79 Å². The fourth-order valence-electron chi connectivity index (χ4n) is 1.41. The van der Waals surface area contributed by atoms with Crippen molar-refractivity contribution >= 4 is 5.97 Å². The van der Waals surface area contributed by atoms with Crippen molar-refractivity contribution in [1.29, 1.82) is 0 Å². The molecule has 0 spiro atoms. The number of benzene rings is 1. The minimum Gasteiger partial charge on any atom is -0.493 e. The number of hydrogen-bond acceptors (Lipinski definition) is 4. The van der Waals surface area contributed by atoms with Crippen molar-refractivity contribution in [3.8, 4) is 11.5 Å². The molecule has 1 aromatic carbocycles. The third-order valence-electron chi connectivity index (χ3n) is 2.20. The zero-order chi connectivity index (χ0) is 13.5. The molecule has 0 saturated carbocycles. The molecule has 4 nitrogen and oxygen atoms in total. The van der Waals surface area contributed by atoms with Gasteiger partial charge < -0.3 is 14.2 Å². The normalized spacial score (nSPS) is 10.3. The predicted octanol–water partition coefficient (Wildman–Crippen LogP) is 3.05. The number of esters is 1. The van der Waals surface area contributed by atoms with Crippen molar-refractivity contribution in [1.82, 2.24) is 0 Å². The predicted molar refractivity (Wildman–Crippen MR) is 69.3 cm³/mol. The minimum atomic E-state index is -0.353. The summed E-state index contributed by atoms with van der Waals surface area (Å²) in [4.78, 5) is 11.8. The molecule has 0 fully saturated rings. The lowest BCUT2D eigenvalue weighted by Gasteiger charge is -2.12. The first-order chi connectivity index (χ1) is 8.58. The van der Waals surface area contributed by atoms with Gasteiger partial charge in [-0.1, -0.05) is 6.92 Å². The van der Waals surface area contributed by atoms with E-state index in [2.05, 4.69) is 0 Å². The van der Waals surface area contributed by atoms with Crippen molar-refractivity contribution in [3.63, 3.8) is 0 Å². The molecule has 0 aliphatic carbocycles. The van der Waals surface area contributed by atoms with E-state index in [1.165, 1.54) is 0 Å². The molecular weight excluding hydrogens is 232 g/mol. The Kier molecular flexibility index (Phi) is 5.49. The summed E-state index contributed by atoms with van der Waals surface area (Å²) >= 11 is 0. The molecule has 1 aromatic rings. The van der Waals surface area contributed by atoms with Gasteiger partial charge in [-0.25, -0.2) is 4.79 Å². The molecule has 4 heteroatoms. The average Bonchev–Trinajstić information content (AvgIpc) is 2.35. The first-order valence-electron chi connectivity index (χ1n) is 6.10. The van der Waals surface area contributed by atoms with E-state index in [0.717, 1.165) is 6.42 Å². The van der Waals surface area contributed by atoms with Crippen LogP contribution < -0.4 is 9.47 Å². The van der Waals surface area contributed by atoms with Crippen molar-refractivity contribution < 1.29 is 19.0 Å². The van der Waals surface area contributed by atoms with Gasteiger partial charge in [-0.2, -0.15) is 0 Å². The lowest BCUT2D eigenvalue weighted by molar-refractivity contribution is 0.0377. The molecule has 0 radical (unpaired) electrons. The number of carbonyl (C=O) groups is 1. The van der Waals surface area contributed by atoms with Crippen molar-refractivity contribution in [3.05, 3.63) is 23.8 Å². The molecule has 0 aliphatic heterocycles. The van der Waals surface area contributed by atoms with Gasteiger partial charge in [0.2, 0.25) is 0 Å². The molecule has 0 N–H and O–H groups in total. The Morgan fingerprint density at radius 2 is 2.00 bits per heavy atom. The lowest BCUT2D eigenvalue weighted by atomic mass is 10.2. The van der Waals surface area contributed by atoms with Crippen LogP contribution in [0.15, 0.2) is 18.2 Å². The highest BCUT2D eigenvalue weighted by molar-refractivity contribution is 5.90. The molecular formula is C14H20O4. The third kappa shape index (κ3) is 3.95. The molecule has 100 valence electrons. The molecule has 0 saturated heterocycles. The van der Waals surface area contributed by atoms with Crippen LogP contribution in [0.25, 0.3) is 0 Å². The van der Waals surface area contributed by atoms with Gasteiger partial charge in [-0.05, 0) is 38.5 Å². The highest BCUT2D eigenvalue weighted by Crippen LogP contribution is 2.28. The Balaban J connectivity index is 2.91. The molecule has 0 heterocycles. The van der Waals surface area contributed by atoms with Gasteiger partial charge >= 0.3 is 5.97 Å². The second kappa shape index (κ2) is 6.89. The van der Waals surface area contributed by atoms with Gasteiger partial charge in [-0.15, -0.1) is 0 Å². The summed E-state index contributed by atoms with van der Waals surface area (Å²) in [5.74, 6) is 0.830. The van der Waals surface area contributed by atoms with Crippen LogP contribution in [0.4, 0.5) is 0 Å². The lowest BCUT2D eigenvalue weighted by Crippen LogP contribution is -2.12. The Labute approximate surface area is 108 Å². The molecule has 0 amide bonds. The van der Waals surface area contributed by atoms with E-state index in [4.69, 9.17) is 14.2 Å². The molecule has 0 atom stereocenters. The standard InChI is InChI=1S/C14H20O4/c1-5-8-17-13-9-11(6-7-12(13)16-4)14(15)18-10(2)3/h6-7,9-10H,5,8H2,1-4H3. The van der Waals surface area contributed by atoms with Crippen molar-refractivity contribution in [2.45, 2.75) is 33.3 Å². The van der Waals surface area contributed by atoms with E-state index in [0.29, 0.717) is 23.7 Å². The Morgan fingerprint density at radius 1 is 1.28 bits per heavy atom. The first kappa shape index (κ1) is 14.4. The van der Waals surface area contributed by atoms with Gasteiger partial charge in [0.05, 0.1) is 25.4 Å². The smallest absolute Gasteiger partial charge is 0.338 e. The van der Waals surface area contributed by atoms with Crippen molar-refractivity contribution in [2.24, 2.45) is 0 Å². The summed E-state index contributed by atoms with van der Waals surface area (Å²) in [5.41, 5.74) is 0.468. The van der Waals surface area contributed by atoms with Gasteiger partial charge in [0, 0.05) is 0 Å². The van der Waals surface area contributed by atoms with Gasteiger partial charge in [0.25, 0.3) is 0 Å². The maximum Gasteiger partial charge on any atom is 0.338 e. The highest BCUT2D eigenvalue weighted by atomic mass is 16.5. The largest absolute Gasteiger partial charge is 0.493 e. The summed E-state index contributed by atoms with van der Waals surface area (Å²) in [7, 11) is 1.57. The van der Waals surface area contributed by atoms with Crippen LogP contribution >= 0.6 is 0 Å². The molecule has 0 aromatic heterocycles. The number of carbonyl (C=O) groups excluding carboxylic acids is 1. The summed E-state index contributed by atoms with van der Waals surface area (Å²) in [5, 5.41) is 0. The van der Waals surface area contributed by atoms with E-state index >= 15 is 0 Å². The second-order valence-corrected chi connectivity index (χ2v) is 4.17. The highest BCUT2D eigenvalue weighted by Gasteiger charge is 2.13. The Hall–Kier alpha value is -1.71. The van der Waals surface area contributed by atoms with E-state index < -0.39 is 0 Å². The summed E-state index contributed by atoms with van der Waals surface area (Å²) in [6, 6.07) is 5.03. The summed E-state index contributed by atoms with van der Waals surface area (Å²) in [6.45, 7) is 6.23. The molecule has 1 rings (SSSR count). The Bertz CT molecular complexity index is 399. The zero-order valence-corrected chi connectivity index (χ0v) is 11.4. The van der Waals surface area contributed by atoms with E-state index in [1.54, 1.807) is 25.3 Å². The van der Waals surface area contributed by atoms with E-state index in [-0.39, 0.29) is 12.1 Å². The third-order valence-corrected chi connectivity index (χ3v) is 2.20. The van der Waals surface area contributed by atoms with Crippen LogP contribution in [0, 0.1) is 0 Å². The number of hydrogen-bond donors (Lipinski definition) is 0. The average molecular weight is 252 g/mol. The molecule has 18 heavy (non-hydrogen) atoms. The second-order valence-electron chi connectivity index (χ2n) is 4.17. The van der Waals surface area contributed by atoms with Crippen LogP contribution in [0.2, 0.25) is 0 Å². The van der Waals surface area contributed by atoms with Crippen LogP contribution in [-0.2, 0) is 4.74 Å². The van der Waals surface area contributed by atoms with Gasteiger partial charge in [-0.3, -0.25) is 0 Å². The molecule has 0 bridgehead atoms. The fraction of sp³-hybridized carbons (Fsp3) is 0.500. The summed E-state index contributed by atoms with van der Waals surface area (Å²) in [6.07, 6.45) is 0.753. The first-order valence-corrected chi connectivity index (χ1v) is 6.10. The maximum absolute atomic E-state index is 11.8. The minimum absolute atomic E-state index is 0.139. The maximum atomic E-state index is 11.8. The number of rotatable bonds is 6. The SMILES string of the molecule is CCCOc1cc(C(=O)OC(C)C)ccc1OC. The zero-order valence-electron chi connectivity index (χ0n) is 11.4. The monoisotopic (exact) mass is 252 g/mol. The van der Waals surface area contributed by atoms with Gasteiger partial charge in [0.15, 0.2) is 11.5 Å². The molecule has 0 unspecified atom stereocenters. The molecule has 0 aliphatic rings. The van der Waals surface area contributed by atoms with Crippen molar-refractivity contribution in [2.75, 3.05) is 13.7 Å². The topological polar surface area (TPSA) is 44.8 Å². The summed E-state index contributed by atoms with van der Waals surface area (Å²) < 4.78 is 15.9. The van der Waals surface area contributed by atoms with E-state index in [1.807, 2.05) is 20.8 Å². The quantitative estimate of drug-likeness (QED) is 0.730. The van der Waals surface area contributed by atoms with Crippen LogP contribution in [0.5, 0.6) is 11.5 Å². The van der Waals surface area contributed by atoms with Gasteiger partial charge in [0.1, 0.15) is 0 Å². The van der Waals surface area contributed by atoms with Crippen LogP contribution in [0.3, 0.4) is 0 Å².